The molecule has 8 aromatic carbocycles. The minimum Gasteiger partial charge on any atom is -0.455 e. The van der Waals surface area contributed by atoms with E-state index >= 15 is 0 Å². The summed E-state index contributed by atoms with van der Waals surface area (Å²) in [5.74, 6) is 1.92. The van der Waals surface area contributed by atoms with Crippen LogP contribution in [-0.2, 0) is 5.41 Å². The van der Waals surface area contributed by atoms with Gasteiger partial charge in [0.05, 0.1) is 5.41 Å². The SMILES string of the molecule is c1ccc(-c2nc(-c3ccccc3)nc(-c3cccc(-c4cccc5c4C4(c6ccccc6-c6ccccc64)c4ccc6c(oc7ccccc76)c4-5)c3)n2)cc1. The quantitative estimate of drug-likeness (QED) is 0.182. The predicted molar refractivity (Wildman–Crippen MR) is 225 cm³/mol. The Kier molecular flexibility index (Phi) is 6.52. The van der Waals surface area contributed by atoms with Crippen molar-refractivity contribution in [1.82, 2.24) is 15.0 Å². The van der Waals surface area contributed by atoms with E-state index in [-0.39, 0.29) is 0 Å². The molecule has 0 radical (unpaired) electrons. The van der Waals surface area contributed by atoms with Gasteiger partial charge in [-0.3, -0.25) is 0 Å². The molecule has 0 bridgehead atoms. The number of rotatable bonds is 4. The van der Waals surface area contributed by atoms with Gasteiger partial charge >= 0.3 is 0 Å². The van der Waals surface area contributed by atoms with Gasteiger partial charge in [-0.2, -0.15) is 0 Å². The molecule has 260 valence electrons. The number of nitrogens with zero attached hydrogens (tertiary/aromatic N) is 3. The van der Waals surface area contributed by atoms with Crippen LogP contribution >= 0.6 is 0 Å². The monoisotopic (exact) mass is 713 g/mol. The van der Waals surface area contributed by atoms with Gasteiger partial charge in [0.1, 0.15) is 11.2 Å². The zero-order valence-electron chi connectivity index (χ0n) is 30.1. The fourth-order valence-electron chi connectivity index (χ4n) is 9.47. The lowest BCUT2D eigenvalue weighted by Gasteiger charge is -2.32. The molecule has 2 heterocycles. The number of hydrogen-bond donors (Lipinski definition) is 0. The second-order valence-corrected chi connectivity index (χ2v) is 14.7. The maximum atomic E-state index is 6.83. The fraction of sp³-hybridized carbons (Fsp3) is 0.0192. The van der Waals surface area contributed by atoms with Gasteiger partial charge < -0.3 is 4.42 Å². The minimum absolute atomic E-state index is 0.564. The minimum atomic E-state index is -0.564. The zero-order valence-corrected chi connectivity index (χ0v) is 30.1. The van der Waals surface area contributed by atoms with Gasteiger partial charge in [-0.1, -0.05) is 176 Å². The van der Waals surface area contributed by atoms with Gasteiger partial charge in [0, 0.05) is 33.0 Å². The Morgan fingerprint density at radius 3 is 1.57 bits per heavy atom. The standard InChI is InChI=1S/C52H31N3O/c1-3-15-32(16-4-1)49-53-50(33-17-5-2-6-18-33)55-51(54-49)35-20-13-19-34(31-35)36-24-14-25-41-46-44(30-29-40-39-23-9-12-28-45(39)56-48(40)46)52(47(36)41)42-26-10-7-21-37(42)38-22-8-11-27-43(38)52/h1-31H. The number of fused-ring (bicyclic) bond motifs is 14. The highest BCUT2D eigenvalue weighted by molar-refractivity contribution is 6.14. The first-order valence-corrected chi connectivity index (χ1v) is 19.0. The van der Waals surface area contributed by atoms with Crippen molar-refractivity contribution in [3.63, 3.8) is 0 Å². The molecule has 0 saturated heterocycles. The van der Waals surface area contributed by atoms with E-state index in [1.54, 1.807) is 0 Å². The second-order valence-electron chi connectivity index (χ2n) is 14.7. The highest BCUT2D eigenvalue weighted by atomic mass is 16.3. The Morgan fingerprint density at radius 1 is 0.357 bits per heavy atom. The van der Waals surface area contributed by atoms with Gasteiger partial charge in [0.25, 0.3) is 0 Å². The van der Waals surface area contributed by atoms with Crippen LogP contribution in [0.5, 0.6) is 0 Å². The first kappa shape index (κ1) is 31.0. The first-order chi connectivity index (χ1) is 27.8. The lowest BCUT2D eigenvalue weighted by molar-refractivity contribution is 0.669. The lowest BCUT2D eigenvalue weighted by Crippen LogP contribution is -2.26. The summed E-state index contributed by atoms with van der Waals surface area (Å²) in [6.45, 7) is 0. The van der Waals surface area contributed by atoms with Crippen LogP contribution < -0.4 is 0 Å². The third-order valence-electron chi connectivity index (χ3n) is 11.7. The highest BCUT2D eigenvalue weighted by Crippen LogP contribution is 2.65. The van der Waals surface area contributed by atoms with Crippen LogP contribution in [0, 0.1) is 0 Å². The molecule has 0 N–H and O–H groups in total. The largest absolute Gasteiger partial charge is 0.455 e. The summed E-state index contributed by atoms with van der Waals surface area (Å²) < 4.78 is 6.83. The topological polar surface area (TPSA) is 51.8 Å². The number of furan rings is 1. The molecule has 1 spiro atoms. The Balaban J connectivity index is 1.13. The summed E-state index contributed by atoms with van der Waals surface area (Å²) >= 11 is 0. The summed E-state index contributed by atoms with van der Waals surface area (Å²) in [7, 11) is 0. The van der Waals surface area contributed by atoms with Crippen LogP contribution in [0.3, 0.4) is 0 Å². The fourth-order valence-corrected chi connectivity index (χ4v) is 9.47. The molecule has 2 aliphatic carbocycles. The van der Waals surface area contributed by atoms with Crippen molar-refractivity contribution in [3.05, 3.63) is 210 Å². The van der Waals surface area contributed by atoms with Gasteiger partial charge in [-0.15, -0.1) is 0 Å². The van der Waals surface area contributed by atoms with Crippen LogP contribution in [0.1, 0.15) is 22.3 Å². The average Bonchev–Trinajstić information content (AvgIpc) is 3.91. The number of para-hydroxylation sites is 1. The van der Waals surface area contributed by atoms with Crippen molar-refractivity contribution in [2.45, 2.75) is 5.41 Å². The molecule has 0 fully saturated rings. The van der Waals surface area contributed by atoms with Gasteiger partial charge in [-0.05, 0) is 62.2 Å². The Bertz CT molecular complexity index is 3100. The van der Waals surface area contributed by atoms with Gasteiger partial charge in [0.15, 0.2) is 17.5 Å². The summed E-state index contributed by atoms with van der Waals surface area (Å²) in [5, 5.41) is 2.26. The molecule has 2 aliphatic rings. The van der Waals surface area contributed by atoms with E-state index in [1.165, 1.54) is 38.9 Å². The van der Waals surface area contributed by atoms with Crippen molar-refractivity contribution < 1.29 is 4.42 Å². The van der Waals surface area contributed by atoms with Crippen LogP contribution in [-0.4, -0.2) is 15.0 Å². The van der Waals surface area contributed by atoms with Gasteiger partial charge in [0.2, 0.25) is 0 Å². The molecule has 0 atom stereocenters. The molecule has 4 heteroatoms. The van der Waals surface area contributed by atoms with E-state index in [0.29, 0.717) is 17.5 Å². The normalized spacial score (nSPS) is 13.1. The second kappa shape index (κ2) is 11.8. The zero-order chi connectivity index (χ0) is 36.8. The molecule has 12 rings (SSSR count). The maximum Gasteiger partial charge on any atom is 0.164 e. The average molecular weight is 714 g/mol. The van der Waals surface area contributed by atoms with Crippen LogP contribution in [0.2, 0.25) is 0 Å². The first-order valence-electron chi connectivity index (χ1n) is 19.0. The Hall–Kier alpha value is -7.43. The molecule has 0 saturated carbocycles. The highest BCUT2D eigenvalue weighted by Gasteiger charge is 2.53. The third kappa shape index (κ3) is 4.27. The smallest absolute Gasteiger partial charge is 0.164 e. The molecule has 56 heavy (non-hydrogen) atoms. The maximum absolute atomic E-state index is 6.83. The molecule has 4 nitrogen and oxygen atoms in total. The van der Waals surface area contributed by atoms with E-state index < -0.39 is 5.41 Å². The van der Waals surface area contributed by atoms with Crippen molar-refractivity contribution >= 4 is 21.9 Å². The van der Waals surface area contributed by atoms with Crippen molar-refractivity contribution in [3.8, 4) is 67.5 Å². The van der Waals surface area contributed by atoms with Crippen LogP contribution in [0.15, 0.2) is 192 Å². The molecule has 10 aromatic rings. The molecule has 0 aliphatic heterocycles. The van der Waals surface area contributed by atoms with E-state index in [4.69, 9.17) is 19.4 Å². The van der Waals surface area contributed by atoms with E-state index in [0.717, 1.165) is 55.3 Å². The molecule has 0 amide bonds. The summed E-state index contributed by atoms with van der Waals surface area (Å²) in [4.78, 5) is 15.1. The number of aromatic nitrogens is 3. The summed E-state index contributed by atoms with van der Waals surface area (Å²) in [6.07, 6.45) is 0. The van der Waals surface area contributed by atoms with Crippen molar-refractivity contribution in [2.75, 3.05) is 0 Å². The Morgan fingerprint density at radius 2 is 0.875 bits per heavy atom. The summed E-state index contributed by atoms with van der Waals surface area (Å²) in [6, 6.07) is 66.6. The van der Waals surface area contributed by atoms with E-state index in [1.807, 2.05) is 66.7 Å². The van der Waals surface area contributed by atoms with Crippen LogP contribution in [0.25, 0.3) is 89.5 Å². The van der Waals surface area contributed by atoms with Crippen molar-refractivity contribution in [2.24, 2.45) is 0 Å². The molecular weight excluding hydrogens is 683 g/mol. The molecule has 2 aromatic heterocycles. The van der Waals surface area contributed by atoms with E-state index in [9.17, 15) is 0 Å². The number of hydrogen-bond acceptors (Lipinski definition) is 4. The van der Waals surface area contributed by atoms with Gasteiger partial charge in [-0.25, -0.2) is 15.0 Å². The van der Waals surface area contributed by atoms with Crippen molar-refractivity contribution in [1.29, 1.82) is 0 Å². The third-order valence-corrected chi connectivity index (χ3v) is 11.7. The van der Waals surface area contributed by atoms with E-state index in [2.05, 4.69) is 121 Å². The molecular formula is C52H31N3O. The summed E-state index contributed by atoms with van der Waals surface area (Å²) in [5.41, 5.74) is 16.3. The van der Waals surface area contributed by atoms with Crippen LogP contribution in [0.4, 0.5) is 0 Å². The number of benzene rings is 8. The predicted octanol–water partition coefficient (Wildman–Crippen LogP) is 12.8. The molecule has 0 unspecified atom stereocenters. The lowest BCUT2D eigenvalue weighted by atomic mass is 9.68. The Labute approximate surface area is 323 Å².